The minimum atomic E-state index is -0.941. The van der Waals surface area contributed by atoms with Gasteiger partial charge in [-0.25, -0.2) is 8.78 Å². The van der Waals surface area contributed by atoms with Gasteiger partial charge in [-0.15, -0.1) is 6.42 Å². The van der Waals surface area contributed by atoms with E-state index < -0.39 is 41.3 Å². The molecule has 7 heterocycles. The summed E-state index contributed by atoms with van der Waals surface area (Å²) in [6.07, 6.45) is 12.5. The number of likely N-dealkylation sites (tertiary alicyclic amines) is 3. The Morgan fingerprint density at radius 1 is 0.975 bits per heavy atom. The highest BCUT2D eigenvalue weighted by Gasteiger charge is 2.50. The molecule has 8 atom stereocenters. The Bertz CT molecular complexity index is 3440. The molecule has 2 unspecified atom stereocenters. The number of aliphatic hydroxyl groups excluding tert-OH is 1. The fraction of sp³-hybridized carbons (Fsp3) is 0.452. The molecule has 3 amide bonds. The standard InChI is InChI=1S/C62H67Cl2F2N9O6/c1-6-44-49(65)22-18-37-26-42(76)27-45(52(37)44)55-54(66)56-46(29-67-55)58(73-30-38-19-20-39(31-73)69-38)71-61(70-56)81-33-41-11-9-25-72(41)24-8-10-40-21-23-51(78)75(40)57(62(3,4)5)60(80)74-32-43(77)28-50(74)59(79)68-34(2)35-14-16-36(17-15-35)53-47(63)12-7-13-48(53)64/h1,7,12-18,22,26-27,29,34,38-41,43,50,57,69,76-77H,8-11,19-21,23-25,28,30-33H2,2-5H3,(H,68,79)/t34-,38?,39?,40-,41-,43+,50-,57+/m0/s1. The number of aromatic nitrogens is 3. The third-order valence-corrected chi connectivity index (χ3v) is 17.7. The number of β-amino-alcohol motifs (C(OH)–C–C–N with tert-alkyl or cyclic N) is 1. The maximum atomic E-state index is 17.3. The van der Waals surface area contributed by atoms with Crippen LogP contribution in [0.25, 0.3) is 44.1 Å². The van der Waals surface area contributed by atoms with Crippen LogP contribution < -0.4 is 20.3 Å². The van der Waals surface area contributed by atoms with Crippen LogP contribution in [0.15, 0.2) is 72.9 Å². The van der Waals surface area contributed by atoms with Crippen LogP contribution in [0.2, 0.25) is 10.0 Å². The number of aliphatic hydroxyl groups is 1. The number of phenols is 1. The van der Waals surface area contributed by atoms with E-state index in [-0.39, 0.29) is 101 Å². The van der Waals surface area contributed by atoms with Crippen molar-refractivity contribution in [2.24, 2.45) is 5.41 Å². The van der Waals surface area contributed by atoms with Crippen molar-refractivity contribution in [2.45, 2.75) is 134 Å². The van der Waals surface area contributed by atoms with Crippen molar-refractivity contribution in [1.29, 1.82) is 0 Å². The number of nitrogens with zero attached hydrogens (tertiary/aromatic N) is 7. The van der Waals surface area contributed by atoms with Crippen molar-refractivity contribution in [1.82, 2.24) is 40.3 Å². The van der Waals surface area contributed by atoms with Gasteiger partial charge in [0.05, 0.1) is 23.1 Å². The average Bonchev–Trinajstić information content (AvgIpc) is 4.36. The molecule has 81 heavy (non-hydrogen) atoms. The summed E-state index contributed by atoms with van der Waals surface area (Å²) in [5.41, 5.74) is 1.53. The highest BCUT2D eigenvalue weighted by Crippen LogP contribution is 2.41. The number of aromatic hydroxyl groups is 1. The quantitative estimate of drug-likeness (QED) is 0.0718. The third-order valence-electron chi connectivity index (χ3n) is 17.1. The molecule has 5 fully saturated rings. The van der Waals surface area contributed by atoms with Crippen LogP contribution in [0.4, 0.5) is 14.6 Å². The average molecular weight is 1140 g/mol. The number of hydrogen-bond donors (Lipinski definition) is 4. The van der Waals surface area contributed by atoms with Gasteiger partial charge in [0.2, 0.25) is 17.7 Å². The van der Waals surface area contributed by atoms with Crippen molar-refractivity contribution < 1.29 is 38.1 Å². The summed E-state index contributed by atoms with van der Waals surface area (Å²) in [6, 6.07) is 16.4. The predicted octanol–water partition coefficient (Wildman–Crippen LogP) is 9.59. The fourth-order valence-corrected chi connectivity index (χ4v) is 13.8. The summed E-state index contributed by atoms with van der Waals surface area (Å²) in [5, 5.41) is 30.6. The van der Waals surface area contributed by atoms with Gasteiger partial charge in [-0.2, -0.15) is 9.97 Å². The molecular weight excluding hydrogens is 1080 g/mol. The molecule has 0 spiro atoms. The lowest BCUT2D eigenvalue weighted by molar-refractivity contribution is -0.152. The third kappa shape index (κ3) is 11.2. The van der Waals surface area contributed by atoms with Crippen molar-refractivity contribution in [3.05, 3.63) is 106 Å². The minimum absolute atomic E-state index is 0.00572. The molecule has 424 valence electrons. The van der Waals surface area contributed by atoms with Crippen LogP contribution in [0.1, 0.15) is 103 Å². The Morgan fingerprint density at radius 3 is 2.43 bits per heavy atom. The number of halogens is 4. The summed E-state index contributed by atoms with van der Waals surface area (Å²) < 4.78 is 38.9. The van der Waals surface area contributed by atoms with Gasteiger partial charge in [0.15, 0.2) is 5.82 Å². The second-order valence-corrected chi connectivity index (χ2v) is 24.4. The molecule has 11 rings (SSSR count). The molecule has 5 aliphatic heterocycles. The van der Waals surface area contributed by atoms with Crippen molar-refractivity contribution in [3.8, 4) is 46.5 Å². The van der Waals surface area contributed by atoms with Crippen LogP contribution in [-0.2, 0) is 14.4 Å². The highest BCUT2D eigenvalue weighted by atomic mass is 35.5. The number of piperazine rings is 1. The number of carbonyl (C=O) groups excluding carboxylic acids is 3. The number of anilines is 1. The minimum Gasteiger partial charge on any atom is -0.508 e. The Labute approximate surface area is 480 Å². The zero-order valence-electron chi connectivity index (χ0n) is 45.9. The van der Waals surface area contributed by atoms with Gasteiger partial charge in [-0.3, -0.25) is 24.3 Å². The van der Waals surface area contributed by atoms with Crippen LogP contribution in [0.5, 0.6) is 11.8 Å². The Hall–Kier alpha value is -6.68. The zero-order chi connectivity index (χ0) is 57.0. The summed E-state index contributed by atoms with van der Waals surface area (Å²) in [6.45, 7) is 10.7. The molecule has 5 saturated heterocycles. The van der Waals surface area contributed by atoms with E-state index in [1.165, 1.54) is 35.4 Å². The number of fused-ring (bicyclic) bond motifs is 4. The van der Waals surface area contributed by atoms with Crippen LogP contribution in [-0.4, -0.2) is 139 Å². The van der Waals surface area contributed by atoms with Gasteiger partial charge in [-0.1, -0.05) is 86.3 Å². The number of ether oxygens (including phenoxy) is 1. The number of nitrogens with one attached hydrogen (secondary N) is 2. The molecule has 2 bridgehead atoms. The van der Waals surface area contributed by atoms with Crippen molar-refractivity contribution in [2.75, 3.05) is 44.2 Å². The van der Waals surface area contributed by atoms with E-state index in [1.807, 2.05) is 52.0 Å². The first-order valence-corrected chi connectivity index (χ1v) is 28.9. The second-order valence-electron chi connectivity index (χ2n) is 23.6. The van der Waals surface area contributed by atoms with E-state index in [2.05, 4.69) is 36.3 Å². The number of pyridine rings is 1. The molecule has 4 N–H and O–H groups in total. The first-order valence-electron chi connectivity index (χ1n) is 28.2. The van der Waals surface area contributed by atoms with Gasteiger partial charge in [0.25, 0.3) is 0 Å². The van der Waals surface area contributed by atoms with Crippen LogP contribution >= 0.6 is 23.2 Å². The lowest BCUT2D eigenvalue weighted by atomic mass is 9.83. The summed E-state index contributed by atoms with van der Waals surface area (Å²) in [5.74, 6) is 0.431. The molecular formula is C62H67Cl2F2N9O6. The highest BCUT2D eigenvalue weighted by molar-refractivity contribution is 6.39. The molecule has 5 aliphatic rings. The summed E-state index contributed by atoms with van der Waals surface area (Å²) in [7, 11) is 0. The lowest BCUT2D eigenvalue weighted by Gasteiger charge is -2.43. The lowest BCUT2D eigenvalue weighted by Crippen LogP contribution is -2.59. The monoisotopic (exact) mass is 1140 g/mol. The molecule has 0 aliphatic carbocycles. The first kappa shape index (κ1) is 56.2. The molecule has 2 aromatic heterocycles. The maximum Gasteiger partial charge on any atom is 0.319 e. The second kappa shape index (κ2) is 22.9. The Morgan fingerprint density at radius 2 is 1.72 bits per heavy atom. The Balaban J connectivity index is 0.773. The number of amides is 3. The van der Waals surface area contributed by atoms with Crippen molar-refractivity contribution >= 4 is 68.4 Å². The van der Waals surface area contributed by atoms with Crippen LogP contribution in [0, 0.1) is 29.4 Å². The molecule has 0 radical (unpaired) electrons. The number of terminal acetylenes is 1. The Kier molecular flexibility index (Phi) is 15.9. The maximum absolute atomic E-state index is 17.3. The molecule has 0 saturated carbocycles. The number of rotatable bonds is 15. The van der Waals surface area contributed by atoms with E-state index in [1.54, 1.807) is 23.1 Å². The first-order chi connectivity index (χ1) is 38.8. The largest absolute Gasteiger partial charge is 0.508 e. The van der Waals surface area contributed by atoms with Gasteiger partial charge in [0, 0.05) is 89.4 Å². The molecule has 15 nitrogen and oxygen atoms in total. The fourth-order valence-electron chi connectivity index (χ4n) is 13.2. The molecule has 4 aromatic carbocycles. The zero-order valence-corrected chi connectivity index (χ0v) is 47.4. The SMILES string of the molecule is C#Cc1c(F)ccc2cc(O)cc(-c3ncc4c(N5CC6CCC(C5)N6)nc(OC[C@@H]5CCCN5CCC[C@H]5CCC(=O)N5[C@H](C(=O)N5C[C@H](O)C[C@H]5C(=O)N[C@@H](C)c5ccc(-c6c(Cl)cccc6Cl)cc5)C(C)(C)C)nc4c3F)c12. The van der Waals surface area contributed by atoms with Crippen LogP contribution in [0.3, 0.4) is 0 Å². The smallest absolute Gasteiger partial charge is 0.319 e. The molecule has 6 aromatic rings. The van der Waals surface area contributed by atoms with E-state index >= 15 is 8.78 Å². The van der Waals surface area contributed by atoms with Gasteiger partial charge < -0.3 is 40.3 Å². The van der Waals surface area contributed by atoms with Crippen molar-refractivity contribution in [3.63, 3.8) is 0 Å². The number of hydrogen-bond acceptors (Lipinski definition) is 12. The van der Waals surface area contributed by atoms with Gasteiger partial charge in [-0.05, 0) is 117 Å². The predicted molar refractivity (Wildman–Crippen MR) is 309 cm³/mol. The topological polar surface area (TPSA) is 177 Å². The number of phenolic OH excluding ortho intramolecular Hbond substituents is 1. The summed E-state index contributed by atoms with van der Waals surface area (Å²) in [4.78, 5) is 65.0. The number of benzene rings is 4. The molecule has 19 heteroatoms. The van der Waals surface area contributed by atoms with E-state index in [9.17, 15) is 24.6 Å². The number of carbonyl (C=O) groups is 3. The summed E-state index contributed by atoms with van der Waals surface area (Å²) >= 11 is 12.9. The van der Waals surface area contributed by atoms with Gasteiger partial charge >= 0.3 is 6.01 Å². The normalized spacial score (nSPS) is 22.9. The van der Waals surface area contributed by atoms with E-state index in [4.69, 9.17) is 39.3 Å². The van der Waals surface area contributed by atoms with Gasteiger partial charge in [0.1, 0.15) is 47.3 Å². The van der Waals surface area contributed by atoms with E-state index in [0.717, 1.165) is 49.8 Å². The van der Waals surface area contributed by atoms with E-state index in [0.29, 0.717) is 71.1 Å².